The summed E-state index contributed by atoms with van der Waals surface area (Å²) in [6.45, 7) is -0.619. The zero-order valence-electron chi connectivity index (χ0n) is 13.0. The van der Waals surface area contributed by atoms with Gasteiger partial charge in [-0.3, -0.25) is 14.6 Å². The Labute approximate surface area is 150 Å². The Balaban J connectivity index is 1.89. The van der Waals surface area contributed by atoms with Gasteiger partial charge in [0.15, 0.2) is 0 Å². The molecule has 5 nitrogen and oxygen atoms in total. The number of alkyl halides is 3. The van der Waals surface area contributed by atoms with Crippen molar-refractivity contribution in [2.45, 2.75) is 12.7 Å². The van der Waals surface area contributed by atoms with Crippen molar-refractivity contribution in [1.82, 2.24) is 9.55 Å². The van der Waals surface area contributed by atoms with Crippen molar-refractivity contribution in [2.75, 3.05) is 5.32 Å². The molecule has 0 atom stereocenters. The molecular formula is C17H11ClF3N3O2. The number of halogens is 4. The van der Waals surface area contributed by atoms with Crippen molar-refractivity contribution in [3.05, 3.63) is 69.7 Å². The number of amides is 1. The van der Waals surface area contributed by atoms with E-state index in [4.69, 9.17) is 11.6 Å². The third kappa shape index (κ3) is 3.70. The van der Waals surface area contributed by atoms with Crippen LogP contribution in [0.2, 0.25) is 5.02 Å². The molecule has 134 valence electrons. The number of nitrogens with one attached hydrogen (secondary N) is 1. The number of carbonyl (C=O) groups excluding carboxylic acids is 1. The van der Waals surface area contributed by atoms with Crippen LogP contribution in [0.15, 0.2) is 53.6 Å². The topological polar surface area (TPSA) is 64.0 Å². The Morgan fingerprint density at radius 1 is 1.23 bits per heavy atom. The first-order valence-electron chi connectivity index (χ1n) is 7.36. The summed E-state index contributed by atoms with van der Waals surface area (Å²) in [7, 11) is 0. The molecule has 0 unspecified atom stereocenters. The molecule has 0 aliphatic heterocycles. The fraction of sp³-hybridized carbons (Fsp3) is 0.118. The highest BCUT2D eigenvalue weighted by molar-refractivity contribution is 6.30. The SMILES string of the molecule is O=C(Cn1cc(C(F)(F)F)cc(Cl)c1=O)Nc1cccc2cccnc12. The number of pyridine rings is 2. The third-order valence-electron chi connectivity index (χ3n) is 3.59. The monoisotopic (exact) mass is 381 g/mol. The normalized spacial score (nSPS) is 11.5. The second kappa shape index (κ2) is 6.80. The Morgan fingerprint density at radius 3 is 2.69 bits per heavy atom. The lowest BCUT2D eigenvalue weighted by Crippen LogP contribution is -2.29. The van der Waals surface area contributed by atoms with Gasteiger partial charge in [-0.15, -0.1) is 0 Å². The number of hydrogen-bond acceptors (Lipinski definition) is 3. The van der Waals surface area contributed by atoms with E-state index < -0.39 is 34.8 Å². The van der Waals surface area contributed by atoms with Gasteiger partial charge in [0.05, 0.1) is 16.8 Å². The Hall–Kier alpha value is -2.87. The van der Waals surface area contributed by atoms with E-state index in [9.17, 15) is 22.8 Å². The summed E-state index contributed by atoms with van der Waals surface area (Å²) in [6.07, 6.45) is -2.57. The molecule has 26 heavy (non-hydrogen) atoms. The summed E-state index contributed by atoms with van der Waals surface area (Å²) in [4.78, 5) is 28.3. The highest BCUT2D eigenvalue weighted by Crippen LogP contribution is 2.29. The fourth-order valence-electron chi connectivity index (χ4n) is 2.42. The molecule has 3 rings (SSSR count). The molecule has 0 bridgehead atoms. The van der Waals surface area contributed by atoms with Gasteiger partial charge in [-0.05, 0) is 18.2 Å². The molecule has 1 amide bonds. The summed E-state index contributed by atoms with van der Waals surface area (Å²) >= 11 is 5.57. The molecule has 0 radical (unpaired) electrons. The number of nitrogens with zero attached hydrogens (tertiary/aromatic N) is 2. The van der Waals surface area contributed by atoms with Gasteiger partial charge in [0.1, 0.15) is 11.6 Å². The van der Waals surface area contributed by atoms with E-state index in [0.717, 1.165) is 5.39 Å². The van der Waals surface area contributed by atoms with Crippen LogP contribution in [0.5, 0.6) is 0 Å². The van der Waals surface area contributed by atoms with Crippen LogP contribution in [0.3, 0.4) is 0 Å². The Kier molecular flexibility index (Phi) is 4.69. The van der Waals surface area contributed by atoms with E-state index in [1.54, 1.807) is 36.5 Å². The third-order valence-corrected chi connectivity index (χ3v) is 3.86. The lowest BCUT2D eigenvalue weighted by Gasteiger charge is -2.12. The highest BCUT2D eigenvalue weighted by atomic mass is 35.5. The van der Waals surface area contributed by atoms with Crippen molar-refractivity contribution in [1.29, 1.82) is 0 Å². The van der Waals surface area contributed by atoms with Crippen LogP contribution in [0.25, 0.3) is 10.9 Å². The van der Waals surface area contributed by atoms with Crippen molar-refractivity contribution in [3.8, 4) is 0 Å². The van der Waals surface area contributed by atoms with E-state index in [1.165, 1.54) is 0 Å². The highest BCUT2D eigenvalue weighted by Gasteiger charge is 2.32. The zero-order chi connectivity index (χ0) is 18.9. The van der Waals surface area contributed by atoms with Crippen molar-refractivity contribution >= 4 is 34.1 Å². The van der Waals surface area contributed by atoms with E-state index in [-0.39, 0.29) is 0 Å². The molecule has 0 aliphatic carbocycles. The largest absolute Gasteiger partial charge is 0.417 e. The molecule has 2 aromatic heterocycles. The molecule has 0 fully saturated rings. The van der Waals surface area contributed by atoms with Gasteiger partial charge in [-0.25, -0.2) is 0 Å². The maximum Gasteiger partial charge on any atom is 0.417 e. The van der Waals surface area contributed by atoms with Crippen LogP contribution in [-0.4, -0.2) is 15.5 Å². The van der Waals surface area contributed by atoms with Gasteiger partial charge in [0, 0.05) is 17.8 Å². The van der Waals surface area contributed by atoms with Crippen LogP contribution in [0, 0.1) is 0 Å². The van der Waals surface area contributed by atoms with Gasteiger partial charge in [-0.2, -0.15) is 13.2 Å². The molecule has 0 saturated heterocycles. The molecule has 0 aliphatic rings. The molecular weight excluding hydrogens is 371 g/mol. The van der Waals surface area contributed by atoms with E-state index >= 15 is 0 Å². The summed E-state index contributed by atoms with van der Waals surface area (Å²) in [5.74, 6) is -0.680. The molecule has 2 heterocycles. The average Bonchev–Trinajstić information content (AvgIpc) is 2.58. The molecule has 1 aromatic carbocycles. The quantitative estimate of drug-likeness (QED) is 0.752. The molecule has 0 saturated carbocycles. The Morgan fingerprint density at radius 2 is 1.96 bits per heavy atom. The van der Waals surface area contributed by atoms with E-state index in [0.29, 0.717) is 28.0 Å². The number of aromatic nitrogens is 2. The van der Waals surface area contributed by atoms with Gasteiger partial charge in [0.25, 0.3) is 5.56 Å². The van der Waals surface area contributed by atoms with Gasteiger partial charge in [0.2, 0.25) is 5.91 Å². The summed E-state index contributed by atoms with van der Waals surface area (Å²) in [5.41, 5.74) is -1.08. The second-order valence-electron chi connectivity index (χ2n) is 5.44. The number of anilines is 1. The molecule has 9 heteroatoms. The van der Waals surface area contributed by atoms with Crippen LogP contribution >= 0.6 is 11.6 Å². The summed E-state index contributed by atoms with van der Waals surface area (Å²) < 4.78 is 39.2. The number of carbonyl (C=O) groups is 1. The van der Waals surface area contributed by atoms with Crippen LogP contribution in [-0.2, 0) is 17.5 Å². The van der Waals surface area contributed by atoms with Crippen LogP contribution in [0.1, 0.15) is 5.56 Å². The minimum absolute atomic E-state index is 0.388. The predicted molar refractivity (Wildman–Crippen MR) is 91.1 cm³/mol. The fourth-order valence-corrected chi connectivity index (χ4v) is 2.65. The maximum absolute atomic E-state index is 12.9. The van der Waals surface area contributed by atoms with Crippen molar-refractivity contribution in [3.63, 3.8) is 0 Å². The zero-order valence-corrected chi connectivity index (χ0v) is 13.8. The number of fused-ring (bicyclic) bond motifs is 1. The second-order valence-corrected chi connectivity index (χ2v) is 5.84. The predicted octanol–water partition coefficient (Wildman–Crippen LogP) is 3.71. The summed E-state index contributed by atoms with van der Waals surface area (Å²) in [6, 6.07) is 9.18. The van der Waals surface area contributed by atoms with E-state index in [1.807, 2.05) is 0 Å². The smallest absolute Gasteiger partial charge is 0.323 e. The first kappa shape index (κ1) is 17.9. The Bertz CT molecular complexity index is 1040. The number of para-hydroxylation sites is 1. The van der Waals surface area contributed by atoms with Crippen LogP contribution in [0.4, 0.5) is 18.9 Å². The summed E-state index contributed by atoms with van der Waals surface area (Å²) in [5, 5.41) is 2.72. The molecule has 3 aromatic rings. The number of hydrogen-bond donors (Lipinski definition) is 1. The lowest BCUT2D eigenvalue weighted by molar-refractivity contribution is -0.138. The van der Waals surface area contributed by atoms with E-state index in [2.05, 4.69) is 10.3 Å². The minimum atomic E-state index is -4.69. The minimum Gasteiger partial charge on any atom is -0.323 e. The van der Waals surface area contributed by atoms with Crippen molar-refractivity contribution in [2.24, 2.45) is 0 Å². The van der Waals surface area contributed by atoms with Gasteiger partial charge in [-0.1, -0.05) is 29.8 Å². The first-order valence-corrected chi connectivity index (χ1v) is 7.74. The first-order chi connectivity index (χ1) is 12.3. The molecule has 1 N–H and O–H groups in total. The lowest BCUT2D eigenvalue weighted by atomic mass is 10.2. The number of benzene rings is 1. The standard InChI is InChI=1S/C17H11ClF3N3O2/c18-12-7-11(17(19,20)21)8-24(16(12)26)9-14(25)23-13-5-1-3-10-4-2-6-22-15(10)13/h1-8H,9H2,(H,23,25). The maximum atomic E-state index is 12.9. The van der Waals surface area contributed by atoms with Gasteiger partial charge >= 0.3 is 6.18 Å². The molecule has 0 spiro atoms. The van der Waals surface area contributed by atoms with Gasteiger partial charge < -0.3 is 9.88 Å². The van der Waals surface area contributed by atoms with Crippen molar-refractivity contribution < 1.29 is 18.0 Å². The average molecular weight is 382 g/mol. The van der Waals surface area contributed by atoms with Crippen LogP contribution < -0.4 is 10.9 Å². The number of rotatable bonds is 3.